The van der Waals surface area contributed by atoms with Crippen molar-refractivity contribution in [3.8, 4) is 23.0 Å². The SMILES string of the molecule is CCOC(=O)C(C)c1cc2cc(NC(=O)C3(c4ccc5c(c4)OCO5)CC3C3CC3(C(=O)O)c3ccc4c(c3)OCO4)ccc2[nH]1. The highest BCUT2D eigenvalue weighted by molar-refractivity contribution is 6.04. The molecule has 1 amide bonds. The highest BCUT2D eigenvalue weighted by Gasteiger charge is 2.75. The maximum absolute atomic E-state index is 14.4. The fraction of sp³-hybridized carbons (Fsp3) is 0.343. The van der Waals surface area contributed by atoms with Crippen LogP contribution in [0.25, 0.3) is 10.9 Å². The number of carbonyl (C=O) groups excluding carboxylic acids is 2. The number of hydrogen-bond donors (Lipinski definition) is 3. The van der Waals surface area contributed by atoms with Crippen LogP contribution in [0.4, 0.5) is 5.69 Å². The normalized spacial score (nSPS) is 25.6. The van der Waals surface area contributed by atoms with E-state index in [-0.39, 0.29) is 37.3 Å². The number of hydrogen-bond acceptors (Lipinski definition) is 8. The van der Waals surface area contributed by atoms with Crippen molar-refractivity contribution in [3.05, 3.63) is 77.5 Å². The Labute approximate surface area is 263 Å². The molecule has 2 fully saturated rings. The molecule has 0 saturated heterocycles. The van der Waals surface area contributed by atoms with Gasteiger partial charge in [0.05, 0.1) is 23.4 Å². The first-order valence-corrected chi connectivity index (χ1v) is 15.4. The van der Waals surface area contributed by atoms with Gasteiger partial charge in [-0.3, -0.25) is 14.4 Å². The molecule has 0 radical (unpaired) electrons. The molecule has 5 unspecified atom stereocenters. The maximum Gasteiger partial charge on any atom is 0.314 e. The van der Waals surface area contributed by atoms with Gasteiger partial charge >= 0.3 is 11.9 Å². The van der Waals surface area contributed by atoms with Gasteiger partial charge in [-0.05, 0) is 98.2 Å². The lowest BCUT2D eigenvalue weighted by Gasteiger charge is -2.20. The summed E-state index contributed by atoms with van der Waals surface area (Å²) in [7, 11) is 0. The third-order valence-electron chi connectivity index (χ3n) is 10.1. The Kier molecular flexibility index (Phi) is 6.25. The number of nitrogens with one attached hydrogen (secondary N) is 2. The van der Waals surface area contributed by atoms with E-state index in [1.807, 2.05) is 36.4 Å². The molecule has 3 aromatic carbocycles. The smallest absolute Gasteiger partial charge is 0.314 e. The first kappa shape index (κ1) is 28.3. The Hall–Kier alpha value is -5.19. The number of fused-ring (bicyclic) bond motifs is 3. The molecule has 4 aliphatic rings. The van der Waals surface area contributed by atoms with Crippen LogP contribution < -0.4 is 24.3 Å². The van der Waals surface area contributed by atoms with Gasteiger partial charge in [-0.2, -0.15) is 0 Å². The van der Waals surface area contributed by atoms with Crippen LogP contribution in [0.15, 0.2) is 60.7 Å². The molecule has 4 aromatic rings. The minimum atomic E-state index is -1.14. The van der Waals surface area contributed by atoms with E-state index in [4.69, 9.17) is 23.7 Å². The fourth-order valence-corrected chi connectivity index (χ4v) is 7.42. The van der Waals surface area contributed by atoms with Crippen molar-refractivity contribution in [1.82, 2.24) is 4.98 Å². The molecule has 2 aliphatic heterocycles. The van der Waals surface area contributed by atoms with E-state index >= 15 is 0 Å². The Morgan fingerprint density at radius 2 is 1.48 bits per heavy atom. The molecular formula is C35H32N2O9. The molecule has 8 rings (SSSR count). The first-order chi connectivity index (χ1) is 22.2. The van der Waals surface area contributed by atoms with E-state index in [0.29, 0.717) is 53.7 Å². The summed E-state index contributed by atoms with van der Waals surface area (Å²) in [6.07, 6.45) is 0.888. The molecule has 3 heterocycles. The van der Waals surface area contributed by atoms with E-state index < -0.39 is 22.7 Å². The predicted octanol–water partition coefficient (Wildman–Crippen LogP) is 5.23. The molecule has 2 saturated carbocycles. The molecule has 2 aliphatic carbocycles. The molecule has 46 heavy (non-hydrogen) atoms. The molecule has 0 spiro atoms. The van der Waals surface area contributed by atoms with Crippen molar-refractivity contribution >= 4 is 34.4 Å². The van der Waals surface area contributed by atoms with E-state index in [0.717, 1.165) is 22.2 Å². The van der Waals surface area contributed by atoms with Crippen LogP contribution in [0, 0.1) is 11.8 Å². The summed E-state index contributed by atoms with van der Waals surface area (Å²) in [4.78, 5) is 42.9. The van der Waals surface area contributed by atoms with Crippen LogP contribution in [0.1, 0.15) is 49.4 Å². The number of aromatic amines is 1. The molecule has 0 bridgehead atoms. The van der Waals surface area contributed by atoms with Gasteiger partial charge in [-0.25, -0.2) is 0 Å². The molecule has 11 nitrogen and oxygen atoms in total. The quantitative estimate of drug-likeness (QED) is 0.213. The lowest BCUT2D eigenvalue weighted by Crippen LogP contribution is -2.32. The van der Waals surface area contributed by atoms with Gasteiger partial charge in [0.25, 0.3) is 0 Å². The number of rotatable bonds is 9. The molecule has 236 valence electrons. The summed E-state index contributed by atoms with van der Waals surface area (Å²) in [6.45, 7) is 4.05. The summed E-state index contributed by atoms with van der Waals surface area (Å²) in [6, 6.07) is 18.2. The third-order valence-corrected chi connectivity index (χ3v) is 10.1. The lowest BCUT2D eigenvalue weighted by molar-refractivity contribution is -0.144. The number of benzene rings is 3. The number of H-pyrrole nitrogens is 1. The first-order valence-electron chi connectivity index (χ1n) is 15.4. The van der Waals surface area contributed by atoms with Gasteiger partial charge in [0.1, 0.15) is 0 Å². The molecule has 1 aromatic heterocycles. The van der Waals surface area contributed by atoms with E-state index in [2.05, 4.69) is 10.3 Å². The second kappa shape index (κ2) is 10.2. The Bertz CT molecular complexity index is 1930. The van der Waals surface area contributed by atoms with Crippen molar-refractivity contribution < 1.29 is 43.2 Å². The standard InChI is InChI=1S/C35H32N2O9/c1-3-42-31(38)18(2)26-11-19-10-22(6-7-25(19)37-26)36-32(39)34(20-4-8-27-29(12-20)45-16-43-27)14-23(34)24-15-35(24,33(40)41)21-5-9-28-30(13-21)46-17-44-28/h4-13,18,23-24,37H,3,14-17H2,1-2H3,(H,36,39)(H,40,41). The van der Waals surface area contributed by atoms with Gasteiger partial charge in [-0.1, -0.05) is 12.1 Å². The minimum absolute atomic E-state index is 0.0958. The number of carboxylic acid groups (broad SMARTS) is 1. The molecule has 11 heteroatoms. The number of carboxylic acids is 1. The van der Waals surface area contributed by atoms with Crippen LogP contribution >= 0.6 is 0 Å². The summed E-state index contributed by atoms with van der Waals surface area (Å²) in [5.74, 6) is -0.156. The van der Waals surface area contributed by atoms with Crippen LogP contribution in [-0.2, 0) is 30.0 Å². The summed E-state index contributed by atoms with van der Waals surface area (Å²) in [5.41, 5.74) is 1.42. The molecule has 3 N–H and O–H groups in total. The van der Waals surface area contributed by atoms with Crippen LogP contribution in [0.2, 0.25) is 0 Å². The van der Waals surface area contributed by atoms with E-state index in [1.165, 1.54) is 0 Å². The zero-order valence-corrected chi connectivity index (χ0v) is 25.3. The minimum Gasteiger partial charge on any atom is -0.481 e. The second-order valence-electron chi connectivity index (χ2n) is 12.5. The van der Waals surface area contributed by atoms with Gasteiger partial charge in [-0.15, -0.1) is 0 Å². The maximum atomic E-state index is 14.4. The predicted molar refractivity (Wildman–Crippen MR) is 164 cm³/mol. The van der Waals surface area contributed by atoms with Crippen molar-refractivity contribution in [2.45, 2.75) is 43.4 Å². The Morgan fingerprint density at radius 1 is 0.870 bits per heavy atom. The molecular weight excluding hydrogens is 592 g/mol. The third kappa shape index (κ3) is 4.21. The zero-order valence-electron chi connectivity index (χ0n) is 25.3. The van der Waals surface area contributed by atoms with Crippen LogP contribution in [0.5, 0.6) is 23.0 Å². The monoisotopic (exact) mass is 624 g/mol. The number of esters is 1. The van der Waals surface area contributed by atoms with Crippen molar-refractivity contribution in [2.24, 2.45) is 11.8 Å². The van der Waals surface area contributed by atoms with Crippen molar-refractivity contribution in [1.29, 1.82) is 0 Å². The topological polar surface area (TPSA) is 145 Å². The number of amides is 1. The van der Waals surface area contributed by atoms with E-state index in [9.17, 15) is 19.5 Å². The zero-order chi connectivity index (χ0) is 31.8. The number of aliphatic carboxylic acids is 1. The Balaban J connectivity index is 1.11. The van der Waals surface area contributed by atoms with Crippen LogP contribution in [0.3, 0.4) is 0 Å². The lowest BCUT2D eigenvalue weighted by atomic mass is 9.86. The van der Waals surface area contributed by atoms with Gasteiger partial charge in [0.2, 0.25) is 19.5 Å². The molecule has 5 atom stereocenters. The highest BCUT2D eigenvalue weighted by atomic mass is 16.7. The number of anilines is 1. The summed E-state index contributed by atoms with van der Waals surface area (Å²) >= 11 is 0. The van der Waals surface area contributed by atoms with Gasteiger partial charge < -0.3 is 39.1 Å². The average molecular weight is 625 g/mol. The highest BCUT2D eigenvalue weighted by Crippen LogP contribution is 2.71. The van der Waals surface area contributed by atoms with Crippen LogP contribution in [-0.4, -0.2) is 48.1 Å². The Morgan fingerprint density at radius 3 is 2.13 bits per heavy atom. The number of aromatic nitrogens is 1. The fourth-order valence-electron chi connectivity index (χ4n) is 7.42. The van der Waals surface area contributed by atoms with E-state index in [1.54, 1.807) is 38.1 Å². The van der Waals surface area contributed by atoms with Gasteiger partial charge in [0, 0.05) is 22.3 Å². The average Bonchev–Trinajstić information content (AvgIpc) is 3.73. The number of carbonyl (C=O) groups is 3. The number of ether oxygens (including phenoxy) is 5. The summed E-state index contributed by atoms with van der Waals surface area (Å²) < 4.78 is 27.3. The van der Waals surface area contributed by atoms with Crippen molar-refractivity contribution in [2.75, 3.05) is 25.5 Å². The van der Waals surface area contributed by atoms with Gasteiger partial charge in [0.15, 0.2) is 23.0 Å². The summed E-state index contributed by atoms with van der Waals surface area (Å²) in [5, 5.41) is 14.5. The largest absolute Gasteiger partial charge is 0.481 e. The second-order valence-corrected chi connectivity index (χ2v) is 12.5. The van der Waals surface area contributed by atoms with Crippen molar-refractivity contribution in [3.63, 3.8) is 0 Å².